The molecule has 0 aromatic heterocycles. The molecule has 0 unspecified atom stereocenters. The molecule has 1 nitrogen and oxygen atoms in total. The molecule has 1 rings (SSSR count). The Morgan fingerprint density at radius 3 is 2.44 bits per heavy atom. The van der Waals surface area contributed by atoms with E-state index in [-0.39, 0.29) is 0 Å². The van der Waals surface area contributed by atoms with Gasteiger partial charge < -0.3 is 0 Å². The molecule has 0 aliphatic heterocycles. The quantitative estimate of drug-likeness (QED) is 0.576. The van der Waals surface area contributed by atoms with E-state index < -0.39 is 0 Å². The Morgan fingerprint density at radius 2 is 2.00 bits per heavy atom. The molecule has 0 amide bonds. The van der Waals surface area contributed by atoms with Crippen LogP contribution in [-0.2, 0) is 0 Å². The molecule has 0 aromatic rings. The molecule has 0 spiro atoms. The summed E-state index contributed by atoms with van der Waals surface area (Å²) in [6, 6.07) is 0. The van der Waals surface area contributed by atoms with Crippen LogP contribution in [0, 0.1) is 5.41 Å². The Morgan fingerprint density at radius 1 is 1.44 bits per heavy atom. The topological polar surface area (TPSA) is 12.0 Å². The van der Waals surface area contributed by atoms with E-state index in [4.69, 9.17) is 0 Å². The molecule has 0 bridgehead atoms. The van der Waals surface area contributed by atoms with Crippen LogP contribution in [0.5, 0.6) is 0 Å². The van der Waals surface area contributed by atoms with Crippen LogP contribution in [0.15, 0.2) is 0 Å². The molecular weight excluding hydrogens is 225 g/mol. The van der Waals surface area contributed by atoms with Gasteiger partial charge in [0, 0.05) is 29.4 Å². The molecule has 0 atom stereocenters. The lowest BCUT2D eigenvalue weighted by atomic mass is 9.89. The van der Waals surface area contributed by atoms with Crippen molar-refractivity contribution >= 4 is 22.9 Å². The van der Waals surface area contributed by atoms with Gasteiger partial charge in [-0.05, 0) is 18.3 Å². The van der Waals surface area contributed by atoms with E-state index in [9.17, 15) is 0 Å². The summed E-state index contributed by atoms with van der Waals surface area (Å²) in [6.07, 6.45) is 5.72. The van der Waals surface area contributed by atoms with Crippen LogP contribution in [0.2, 0.25) is 0 Å². The summed E-state index contributed by atoms with van der Waals surface area (Å²) < 4.78 is 3.22. The number of nitrogens with one attached hydrogen (secondary N) is 1. The summed E-state index contributed by atoms with van der Waals surface area (Å²) in [6.45, 7) is 3.57. The number of rotatable bonds is 2. The lowest BCUT2D eigenvalue weighted by Crippen LogP contribution is -2.23. The van der Waals surface area contributed by atoms with Crippen molar-refractivity contribution in [3.05, 3.63) is 0 Å². The largest absolute Gasteiger partial charge is 0.261 e. The van der Waals surface area contributed by atoms with Gasteiger partial charge in [0.15, 0.2) is 0 Å². The Kier molecular flexibility index (Phi) is 2.76. The van der Waals surface area contributed by atoms with Crippen molar-refractivity contribution in [2.24, 2.45) is 5.41 Å². The highest BCUT2D eigenvalue weighted by atomic mass is 127. The van der Waals surface area contributed by atoms with Crippen LogP contribution in [0.4, 0.5) is 0 Å². The Balaban J connectivity index is 2.32. The van der Waals surface area contributed by atoms with Gasteiger partial charge in [-0.2, -0.15) is 0 Å². The SMILES string of the molecule is CC1(CNI)CCCC1. The van der Waals surface area contributed by atoms with Gasteiger partial charge in [-0.15, -0.1) is 0 Å². The summed E-state index contributed by atoms with van der Waals surface area (Å²) >= 11 is 2.24. The first-order valence-electron chi connectivity index (χ1n) is 3.60. The zero-order chi connectivity index (χ0) is 6.74. The monoisotopic (exact) mass is 239 g/mol. The highest BCUT2D eigenvalue weighted by Gasteiger charge is 2.27. The third kappa shape index (κ3) is 2.08. The predicted molar refractivity (Wildman–Crippen MR) is 48.6 cm³/mol. The van der Waals surface area contributed by atoms with Gasteiger partial charge in [0.1, 0.15) is 0 Å². The molecule has 1 N–H and O–H groups in total. The molecule has 1 fully saturated rings. The first-order valence-corrected chi connectivity index (χ1v) is 4.68. The maximum Gasteiger partial charge on any atom is 0.0169 e. The fourth-order valence-electron chi connectivity index (χ4n) is 1.57. The number of hydrogen-bond donors (Lipinski definition) is 1. The molecule has 1 saturated carbocycles. The van der Waals surface area contributed by atoms with Crippen molar-refractivity contribution in [2.75, 3.05) is 6.54 Å². The Hall–Kier alpha value is 0.690. The van der Waals surface area contributed by atoms with Crippen LogP contribution >= 0.6 is 22.9 Å². The molecule has 0 heterocycles. The van der Waals surface area contributed by atoms with Gasteiger partial charge in [0.25, 0.3) is 0 Å². The molecule has 54 valence electrons. The van der Waals surface area contributed by atoms with Gasteiger partial charge >= 0.3 is 0 Å². The van der Waals surface area contributed by atoms with E-state index in [0.717, 1.165) is 0 Å². The fourth-order valence-corrected chi connectivity index (χ4v) is 2.49. The average Bonchev–Trinajstić information content (AvgIpc) is 2.16. The number of hydrogen-bond acceptors (Lipinski definition) is 1. The molecule has 2 heteroatoms. The predicted octanol–water partition coefficient (Wildman–Crippen LogP) is 2.51. The smallest absolute Gasteiger partial charge is 0.0169 e. The summed E-state index contributed by atoms with van der Waals surface area (Å²) in [5.41, 5.74) is 0.626. The van der Waals surface area contributed by atoms with Gasteiger partial charge in [-0.1, -0.05) is 19.8 Å². The zero-order valence-corrected chi connectivity index (χ0v) is 8.07. The molecule has 0 radical (unpaired) electrons. The van der Waals surface area contributed by atoms with Crippen LogP contribution in [0.25, 0.3) is 0 Å². The van der Waals surface area contributed by atoms with Gasteiger partial charge in [-0.25, -0.2) is 0 Å². The van der Waals surface area contributed by atoms with Crippen LogP contribution < -0.4 is 3.53 Å². The molecule has 1 aliphatic rings. The Bertz CT molecular complexity index is 86.9. The van der Waals surface area contributed by atoms with Crippen molar-refractivity contribution in [3.63, 3.8) is 0 Å². The molecule has 0 saturated heterocycles. The number of halogens is 1. The van der Waals surface area contributed by atoms with Crippen molar-refractivity contribution in [1.82, 2.24) is 3.53 Å². The van der Waals surface area contributed by atoms with Crippen molar-refractivity contribution in [1.29, 1.82) is 0 Å². The van der Waals surface area contributed by atoms with Crippen LogP contribution in [-0.4, -0.2) is 6.54 Å². The first-order chi connectivity index (χ1) is 4.27. The summed E-state index contributed by atoms with van der Waals surface area (Å²) in [7, 11) is 0. The summed E-state index contributed by atoms with van der Waals surface area (Å²) in [5.74, 6) is 0. The minimum absolute atomic E-state index is 0.626. The van der Waals surface area contributed by atoms with E-state index in [1.54, 1.807) is 0 Å². The van der Waals surface area contributed by atoms with Crippen molar-refractivity contribution in [3.8, 4) is 0 Å². The van der Waals surface area contributed by atoms with Gasteiger partial charge in [-0.3, -0.25) is 3.53 Å². The standard InChI is InChI=1S/C7H14IN/c1-7(6-9-8)4-2-3-5-7/h9H,2-6H2,1H3. The maximum atomic E-state index is 3.22. The second-order valence-electron chi connectivity index (χ2n) is 3.33. The van der Waals surface area contributed by atoms with Gasteiger partial charge in [0.05, 0.1) is 0 Å². The van der Waals surface area contributed by atoms with Crippen LogP contribution in [0.1, 0.15) is 32.6 Å². The van der Waals surface area contributed by atoms with Crippen molar-refractivity contribution in [2.45, 2.75) is 32.6 Å². The molecule has 0 aromatic carbocycles. The van der Waals surface area contributed by atoms with E-state index in [0.29, 0.717) is 5.41 Å². The fraction of sp³-hybridized carbons (Fsp3) is 1.00. The highest BCUT2D eigenvalue weighted by molar-refractivity contribution is 14.1. The molecule has 9 heavy (non-hydrogen) atoms. The Labute approximate surface area is 71.1 Å². The second-order valence-corrected chi connectivity index (χ2v) is 4.09. The maximum absolute atomic E-state index is 3.22. The highest BCUT2D eigenvalue weighted by Crippen LogP contribution is 2.36. The molecular formula is C7H14IN. The molecule has 1 aliphatic carbocycles. The third-order valence-electron chi connectivity index (χ3n) is 2.30. The van der Waals surface area contributed by atoms with E-state index >= 15 is 0 Å². The zero-order valence-electron chi connectivity index (χ0n) is 5.91. The summed E-state index contributed by atoms with van der Waals surface area (Å²) in [4.78, 5) is 0. The first kappa shape index (κ1) is 7.79. The normalized spacial score (nSPS) is 24.7. The lowest BCUT2D eigenvalue weighted by molar-refractivity contribution is 0.344. The summed E-state index contributed by atoms with van der Waals surface area (Å²) in [5, 5.41) is 0. The third-order valence-corrected chi connectivity index (χ3v) is 2.69. The van der Waals surface area contributed by atoms with E-state index in [1.807, 2.05) is 0 Å². The van der Waals surface area contributed by atoms with Crippen LogP contribution in [0.3, 0.4) is 0 Å². The minimum Gasteiger partial charge on any atom is -0.261 e. The van der Waals surface area contributed by atoms with Gasteiger partial charge in [0.2, 0.25) is 0 Å². The second kappa shape index (κ2) is 3.19. The lowest BCUT2D eigenvalue weighted by Gasteiger charge is -2.21. The average molecular weight is 239 g/mol. The van der Waals surface area contributed by atoms with Crippen molar-refractivity contribution < 1.29 is 0 Å². The van der Waals surface area contributed by atoms with E-state index in [1.165, 1.54) is 32.2 Å². The minimum atomic E-state index is 0.626. The van der Waals surface area contributed by atoms with E-state index in [2.05, 4.69) is 33.3 Å².